The molecule has 0 amide bonds. The zero-order chi connectivity index (χ0) is 9.14. The molecule has 1 fully saturated rings. The molecule has 0 aromatic carbocycles. The van der Waals surface area contributed by atoms with Crippen LogP contribution in [0.4, 0.5) is 0 Å². The van der Waals surface area contributed by atoms with Gasteiger partial charge in [-0.1, -0.05) is 26.0 Å². The highest BCUT2D eigenvalue weighted by Gasteiger charge is 2.28. The maximum absolute atomic E-state index is 11.3. The molecule has 1 rings (SSSR count). The Morgan fingerprint density at radius 3 is 2.42 bits per heavy atom. The number of allylic oxidation sites excluding steroid dienone is 1. The predicted octanol–water partition coefficient (Wildman–Crippen LogP) is 2.96. The van der Waals surface area contributed by atoms with E-state index in [1.165, 1.54) is 5.57 Å². The third-order valence-corrected chi connectivity index (χ3v) is 2.54. The second-order valence-corrected chi connectivity index (χ2v) is 4.05. The van der Waals surface area contributed by atoms with Crippen molar-refractivity contribution in [3.05, 3.63) is 12.2 Å². The van der Waals surface area contributed by atoms with Gasteiger partial charge in [-0.2, -0.15) is 0 Å². The first-order chi connectivity index (χ1) is 5.61. The lowest BCUT2D eigenvalue weighted by Crippen LogP contribution is -2.02. The molecule has 0 aliphatic heterocycles. The first-order valence-electron chi connectivity index (χ1n) is 4.81. The van der Waals surface area contributed by atoms with E-state index < -0.39 is 0 Å². The molecule has 12 heavy (non-hydrogen) atoms. The molecular weight excluding hydrogens is 148 g/mol. The Kier molecular flexibility index (Phi) is 3.07. The van der Waals surface area contributed by atoms with Crippen LogP contribution in [0.15, 0.2) is 12.2 Å². The standard InChI is InChI=1S/C11H18O/c1-8(2)9(3)4-7-11(12)10-5-6-10/h8,10H,3-7H2,1-2H3. The van der Waals surface area contributed by atoms with Gasteiger partial charge in [0.05, 0.1) is 0 Å². The van der Waals surface area contributed by atoms with Crippen molar-refractivity contribution in [1.29, 1.82) is 0 Å². The van der Waals surface area contributed by atoms with Gasteiger partial charge in [-0.3, -0.25) is 4.79 Å². The number of hydrogen-bond acceptors (Lipinski definition) is 1. The van der Waals surface area contributed by atoms with Crippen molar-refractivity contribution in [3.8, 4) is 0 Å². The average molecular weight is 166 g/mol. The maximum atomic E-state index is 11.3. The summed E-state index contributed by atoms with van der Waals surface area (Å²) in [5, 5.41) is 0. The number of carbonyl (C=O) groups excluding carboxylic acids is 1. The van der Waals surface area contributed by atoms with Gasteiger partial charge in [-0.05, 0) is 25.2 Å². The summed E-state index contributed by atoms with van der Waals surface area (Å²) in [4.78, 5) is 11.3. The molecule has 68 valence electrons. The lowest BCUT2D eigenvalue weighted by atomic mass is 9.98. The Labute approximate surface area is 74.9 Å². The fraction of sp³-hybridized carbons (Fsp3) is 0.727. The first-order valence-corrected chi connectivity index (χ1v) is 4.81. The Bertz CT molecular complexity index is 173. The molecule has 1 heteroatoms. The van der Waals surface area contributed by atoms with Crippen LogP contribution in [0.5, 0.6) is 0 Å². The molecule has 0 spiro atoms. The zero-order valence-electron chi connectivity index (χ0n) is 8.10. The fourth-order valence-corrected chi connectivity index (χ4v) is 1.18. The van der Waals surface area contributed by atoms with Gasteiger partial charge in [0, 0.05) is 12.3 Å². The molecule has 0 N–H and O–H groups in total. The van der Waals surface area contributed by atoms with Gasteiger partial charge < -0.3 is 0 Å². The van der Waals surface area contributed by atoms with Gasteiger partial charge in [0.2, 0.25) is 0 Å². The molecule has 0 heterocycles. The van der Waals surface area contributed by atoms with E-state index >= 15 is 0 Å². The van der Waals surface area contributed by atoms with E-state index in [9.17, 15) is 4.79 Å². The van der Waals surface area contributed by atoms with E-state index in [-0.39, 0.29) is 0 Å². The summed E-state index contributed by atoms with van der Waals surface area (Å²) in [6, 6.07) is 0. The Morgan fingerprint density at radius 2 is 2.00 bits per heavy atom. The van der Waals surface area contributed by atoms with E-state index in [1.807, 2.05) is 0 Å². The highest BCUT2D eigenvalue weighted by atomic mass is 16.1. The van der Waals surface area contributed by atoms with Crippen LogP contribution >= 0.6 is 0 Å². The van der Waals surface area contributed by atoms with E-state index in [4.69, 9.17) is 0 Å². The second-order valence-electron chi connectivity index (χ2n) is 4.05. The van der Waals surface area contributed by atoms with Crippen LogP contribution < -0.4 is 0 Å². The molecule has 0 aromatic heterocycles. The van der Waals surface area contributed by atoms with Crippen molar-refractivity contribution < 1.29 is 4.79 Å². The van der Waals surface area contributed by atoms with Gasteiger partial charge in [0.25, 0.3) is 0 Å². The van der Waals surface area contributed by atoms with Gasteiger partial charge >= 0.3 is 0 Å². The van der Waals surface area contributed by atoms with Crippen molar-refractivity contribution in [1.82, 2.24) is 0 Å². The molecule has 0 atom stereocenters. The van der Waals surface area contributed by atoms with Crippen LogP contribution in [0.3, 0.4) is 0 Å². The van der Waals surface area contributed by atoms with E-state index in [2.05, 4.69) is 20.4 Å². The molecule has 0 aromatic rings. The minimum Gasteiger partial charge on any atom is -0.299 e. The molecule has 1 saturated carbocycles. The Morgan fingerprint density at radius 1 is 1.42 bits per heavy atom. The highest BCUT2D eigenvalue weighted by Crippen LogP contribution is 2.31. The normalized spacial score (nSPS) is 16.6. The zero-order valence-corrected chi connectivity index (χ0v) is 8.10. The van der Waals surface area contributed by atoms with Crippen LogP contribution in [-0.4, -0.2) is 5.78 Å². The predicted molar refractivity (Wildman–Crippen MR) is 50.9 cm³/mol. The van der Waals surface area contributed by atoms with Crippen molar-refractivity contribution in [2.75, 3.05) is 0 Å². The minimum atomic E-state index is 0.421. The largest absolute Gasteiger partial charge is 0.299 e. The van der Waals surface area contributed by atoms with Gasteiger partial charge in [-0.25, -0.2) is 0 Å². The summed E-state index contributed by atoms with van der Waals surface area (Å²) >= 11 is 0. The van der Waals surface area contributed by atoms with Crippen molar-refractivity contribution in [2.24, 2.45) is 11.8 Å². The second kappa shape index (κ2) is 3.88. The summed E-state index contributed by atoms with van der Waals surface area (Å²) in [6.45, 7) is 8.21. The third-order valence-electron chi connectivity index (χ3n) is 2.54. The highest BCUT2D eigenvalue weighted by molar-refractivity contribution is 5.83. The van der Waals surface area contributed by atoms with Gasteiger partial charge in [0.15, 0.2) is 0 Å². The first kappa shape index (κ1) is 9.50. The number of Topliss-reactive ketones (excluding diaryl/α,β-unsaturated/α-hetero) is 1. The number of ketones is 1. The van der Waals surface area contributed by atoms with Crippen LogP contribution in [0, 0.1) is 11.8 Å². The molecular formula is C11H18O. The van der Waals surface area contributed by atoms with E-state index in [1.54, 1.807) is 0 Å². The average Bonchev–Trinajstić information content (AvgIpc) is 2.81. The van der Waals surface area contributed by atoms with Crippen LogP contribution in [-0.2, 0) is 4.79 Å². The Hall–Kier alpha value is -0.590. The molecule has 0 unspecified atom stereocenters. The lowest BCUT2D eigenvalue weighted by Gasteiger charge is -2.07. The van der Waals surface area contributed by atoms with Gasteiger partial charge in [-0.15, -0.1) is 0 Å². The molecule has 0 saturated heterocycles. The summed E-state index contributed by atoms with van der Waals surface area (Å²) in [7, 11) is 0. The molecule has 1 aliphatic carbocycles. The van der Waals surface area contributed by atoms with Crippen LogP contribution in [0.2, 0.25) is 0 Å². The summed E-state index contributed by atoms with van der Waals surface area (Å²) in [5.74, 6) is 1.40. The fourth-order valence-electron chi connectivity index (χ4n) is 1.18. The summed E-state index contributed by atoms with van der Waals surface area (Å²) < 4.78 is 0. The smallest absolute Gasteiger partial charge is 0.136 e. The van der Waals surface area contributed by atoms with E-state index in [0.717, 1.165) is 25.7 Å². The van der Waals surface area contributed by atoms with E-state index in [0.29, 0.717) is 17.6 Å². The van der Waals surface area contributed by atoms with Crippen molar-refractivity contribution in [3.63, 3.8) is 0 Å². The van der Waals surface area contributed by atoms with Crippen molar-refractivity contribution >= 4 is 5.78 Å². The number of rotatable bonds is 5. The topological polar surface area (TPSA) is 17.1 Å². The minimum absolute atomic E-state index is 0.421. The van der Waals surface area contributed by atoms with Crippen LogP contribution in [0.1, 0.15) is 39.5 Å². The van der Waals surface area contributed by atoms with Crippen molar-refractivity contribution in [2.45, 2.75) is 39.5 Å². The molecule has 0 bridgehead atoms. The summed E-state index contributed by atoms with van der Waals surface area (Å²) in [6.07, 6.45) is 3.88. The monoisotopic (exact) mass is 166 g/mol. The Balaban J connectivity index is 2.15. The third kappa shape index (κ3) is 2.80. The number of carbonyl (C=O) groups is 1. The molecule has 0 radical (unpaired) electrons. The quantitative estimate of drug-likeness (QED) is 0.574. The lowest BCUT2D eigenvalue weighted by molar-refractivity contribution is -0.120. The summed E-state index contributed by atoms with van der Waals surface area (Å²) in [5.41, 5.74) is 1.21. The molecule has 1 aliphatic rings. The number of hydrogen-bond donors (Lipinski definition) is 0. The molecule has 1 nitrogen and oxygen atoms in total. The SMILES string of the molecule is C=C(CCC(=O)C1CC1)C(C)C. The maximum Gasteiger partial charge on any atom is 0.136 e. The van der Waals surface area contributed by atoms with Crippen LogP contribution in [0.25, 0.3) is 0 Å². The van der Waals surface area contributed by atoms with Gasteiger partial charge in [0.1, 0.15) is 5.78 Å².